The summed E-state index contributed by atoms with van der Waals surface area (Å²) in [5, 5.41) is 0. The SMILES string of the molecule is CCCCCCCC/C=C\CCCCCCCC(=O)OC[C@@H](COCCCCCCCCCCCCCCCC)OCCCCCCCCCCCCCCCC. The van der Waals surface area contributed by atoms with Gasteiger partial charge in [-0.2, -0.15) is 0 Å². The van der Waals surface area contributed by atoms with Crippen LogP contribution in [0.2, 0.25) is 0 Å². The third-order valence-electron chi connectivity index (χ3n) is 11.9. The van der Waals surface area contributed by atoms with Gasteiger partial charge in [-0.3, -0.25) is 4.79 Å². The molecule has 0 aliphatic heterocycles. The van der Waals surface area contributed by atoms with Gasteiger partial charge in [0.25, 0.3) is 0 Å². The Bertz CT molecular complexity index is 766. The zero-order chi connectivity index (χ0) is 41.2. The molecule has 0 radical (unpaired) electrons. The van der Waals surface area contributed by atoms with Crippen molar-refractivity contribution in [3.05, 3.63) is 12.2 Å². The highest BCUT2D eigenvalue weighted by molar-refractivity contribution is 5.69. The van der Waals surface area contributed by atoms with Crippen molar-refractivity contribution in [2.75, 3.05) is 26.4 Å². The molecule has 4 heteroatoms. The van der Waals surface area contributed by atoms with Crippen LogP contribution in [0.1, 0.15) is 290 Å². The van der Waals surface area contributed by atoms with Gasteiger partial charge >= 0.3 is 5.97 Å². The lowest BCUT2D eigenvalue weighted by atomic mass is 10.0. The first-order valence-corrected chi connectivity index (χ1v) is 26.2. The van der Waals surface area contributed by atoms with Crippen molar-refractivity contribution in [2.45, 2.75) is 297 Å². The van der Waals surface area contributed by atoms with E-state index in [2.05, 4.69) is 32.9 Å². The highest BCUT2D eigenvalue weighted by atomic mass is 16.6. The van der Waals surface area contributed by atoms with Crippen LogP contribution in [-0.2, 0) is 19.0 Å². The third-order valence-corrected chi connectivity index (χ3v) is 11.9. The Morgan fingerprint density at radius 3 is 1.07 bits per heavy atom. The lowest BCUT2D eigenvalue weighted by Gasteiger charge is -2.18. The molecule has 0 saturated carbocycles. The first kappa shape index (κ1) is 56.1. The fraction of sp³-hybridized carbons (Fsp3) is 0.943. The van der Waals surface area contributed by atoms with Gasteiger partial charge < -0.3 is 14.2 Å². The Labute approximate surface area is 359 Å². The highest BCUT2D eigenvalue weighted by Gasteiger charge is 2.13. The summed E-state index contributed by atoms with van der Waals surface area (Å²) >= 11 is 0. The number of allylic oxidation sites excluding steroid dienone is 2. The predicted octanol–water partition coefficient (Wildman–Crippen LogP) is 17.9. The number of carbonyl (C=O) groups is 1. The summed E-state index contributed by atoms with van der Waals surface area (Å²) in [5.41, 5.74) is 0. The fourth-order valence-corrected chi connectivity index (χ4v) is 7.90. The summed E-state index contributed by atoms with van der Waals surface area (Å²) in [5.74, 6) is -0.0790. The van der Waals surface area contributed by atoms with Crippen LogP contribution in [-0.4, -0.2) is 38.5 Å². The molecule has 0 bridgehead atoms. The molecule has 57 heavy (non-hydrogen) atoms. The van der Waals surface area contributed by atoms with E-state index in [0.29, 0.717) is 19.6 Å². The summed E-state index contributed by atoms with van der Waals surface area (Å²) in [7, 11) is 0. The van der Waals surface area contributed by atoms with Gasteiger partial charge in [-0.25, -0.2) is 0 Å². The number of unbranched alkanes of at least 4 members (excludes halogenated alkanes) is 37. The molecule has 0 unspecified atom stereocenters. The smallest absolute Gasteiger partial charge is 0.305 e. The molecule has 0 aliphatic rings. The topological polar surface area (TPSA) is 44.8 Å². The maximum atomic E-state index is 12.6. The van der Waals surface area contributed by atoms with Crippen LogP contribution < -0.4 is 0 Å². The lowest BCUT2D eigenvalue weighted by molar-refractivity contribution is -0.150. The molecular weight excluding hydrogens is 701 g/mol. The quantitative estimate of drug-likeness (QED) is 0.0349. The van der Waals surface area contributed by atoms with Crippen molar-refractivity contribution >= 4 is 5.97 Å². The van der Waals surface area contributed by atoms with E-state index in [0.717, 1.165) is 38.9 Å². The highest BCUT2D eigenvalue weighted by Crippen LogP contribution is 2.16. The molecule has 340 valence electrons. The summed E-state index contributed by atoms with van der Waals surface area (Å²) < 4.78 is 18.1. The number of esters is 1. The molecule has 0 spiro atoms. The normalized spacial score (nSPS) is 12.3. The molecule has 0 amide bonds. The van der Waals surface area contributed by atoms with Gasteiger partial charge in [0.1, 0.15) is 12.7 Å². The minimum absolute atomic E-state index is 0.0790. The average molecular weight is 805 g/mol. The van der Waals surface area contributed by atoms with E-state index in [4.69, 9.17) is 14.2 Å². The third kappa shape index (κ3) is 49.4. The molecule has 1 atom stereocenters. The standard InChI is InChI=1S/C53H104O4/c1-4-7-10-13-16-19-22-25-28-29-32-35-38-41-44-47-53(54)57-51-52(56-49-46-43-40-37-34-31-27-24-21-18-15-12-9-6-3)50-55-48-45-42-39-36-33-30-26-23-20-17-14-11-8-5-2/h25,28,52H,4-24,26-27,29-51H2,1-3H3/b28-25-/t52-/m1/s1. The van der Waals surface area contributed by atoms with Gasteiger partial charge in [0.15, 0.2) is 0 Å². The van der Waals surface area contributed by atoms with Crippen LogP contribution in [0.4, 0.5) is 0 Å². The zero-order valence-electron chi connectivity index (χ0n) is 39.4. The molecular formula is C53H104O4. The fourth-order valence-electron chi connectivity index (χ4n) is 7.90. The Hall–Kier alpha value is -0.870. The summed E-state index contributed by atoms with van der Waals surface area (Å²) in [4.78, 5) is 12.6. The van der Waals surface area contributed by atoms with Crippen LogP contribution in [0, 0.1) is 0 Å². The first-order chi connectivity index (χ1) is 28.2. The van der Waals surface area contributed by atoms with Gasteiger partial charge in [-0.15, -0.1) is 0 Å². The largest absolute Gasteiger partial charge is 0.463 e. The van der Waals surface area contributed by atoms with Crippen molar-refractivity contribution in [1.29, 1.82) is 0 Å². The van der Waals surface area contributed by atoms with E-state index in [1.165, 1.54) is 238 Å². The molecule has 0 aromatic rings. The Morgan fingerprint density at radius 2 is 0.684 bits per heavy atom. The van der Waals surface area contributed by atoms with Gasteiger partial charge in [0.05, 0.1) is 6.61 Å². The van der Waals surface area contributed by atoms with Crippen LogP contribution >= 0.6 is 0 Å². The van der Waals surface area contributed by atoms with Gasteiger partial charge in [-0.05, 0) is 44.9 Å². The minimum atomic E-state index is -0.156. The Balaban J connectivity index is 4.09. The molecule has 0 fully saturated rings. The average Bonchev–Trinajstić information content (AvgIpc) is 3.22. The van der Waals surface area contributed by atoms with E-state index in [-0.39, 0.29) is 12.1 Å². The lowest BCUT2D eigenvalue weighted by Crippen LogP contribution is -2.28. The molecule has 0 rings (SSSR count). The van der Waals surface area contributed by atoms with Crippen LogP contribution in [0.25, 0.3) is 0 Å². The van der Waals surface area contributed by atoms with Gasteiger partial charge in [0, 0.05) is 19.6 Å². The second-order valence-corrected chi connectivity index (χ2v) is 17.8. The van der Waals surface area contributed by atoms with Crippen molar-refractivity contribution in [3.8, 4) is 0 Å². The van der Waals surface area contributed by atoms with Crippen molar-refractivity contribution < 1.29 is 19.0 Å². The zero-order valence-corrected chi connectivity index (χ0v) is 39.4. The van der Waals surface area contributed by atoms with Gasteiger partial charge in [0.2, 0.25) is 0 Å². The maximum Gasteiger partial charge on any atom is 0.305 e. The molecule has 0 aromatic heterocycles. The van der Waals surface area contributed by atoms with E-state index in [9.17, 15) is 4.79 Å². The number of carbonyl (C=O) groups excluding carboxylic acids is 1. The van der Waals surface area contributed by atoms with Crippen LogP contribution in [0.15, 0.2) is 12.2 Å². The van der Waals surface area contributed by atoms with E-state index in [1.807, 2.05) is 0 Å². The Morgan fingerprint density at radius 1 is 0.368 bits per heavy atom. The van der Waals surface area contributed by atoms with Crippen molar-refractivity contribution in [1.82, 2.24) is 0 Å². The summed E-state index contributed by atoms with van der Waals surface area (Å²) in [6, 6.07) is 0. The minimum Gasteiger partial charge on any atom is -0.463 e. The van der Waals surface area contributed by atoms with E-state index < -0.39 is 0 Å². The number of hydrogen-bond acceptors (Lipinski definition) is 4. The second-order valence-electron chi connectivity index (χ2n) is 17.8. The maximum absolute atomic E-state index is 12.6. The Kier molecular flexibility index (Phi) is 50.5. The van der Waals surface area contributed by atoms with Crippen molar-refractivity contribution in [2.24, 2.45) is 0 Å². The molecule has 0 saturated heterocycles. The molecule has 0 aromatic carbocycles. The van der Waals surface area contributed by atoms with E-state index in [1.54, 1.807) is 0 Å². The van der Waals surface area contributed by atoms with Gasteiger partial charge in [-0.1, -0.05) is 251 Å². The number of rotatable bonds is 50. The first-order valence-electron chi connectivity index (χ1n) is 26.2. The van der Waals surface area contributed by atoms with E-state index >= 15 is 0 Å². The molecule has 0 aliphatic carbocycles. The van der Waals surface area contributed by atoms with Crippen LogP contribution in [0.5, 0.6) is 0 Å². The van der Waals surface area contributed by atoms with Crippen LogP contribution in [0.3, 0.4) is 0 Å². The monoisotopic (exact) mass is 805 g/mol. The van der Waals surface area contributed by atoms with Crippen molar-refractivity contribution in [3.63, 3.8) is 0 Å². The molecule has 0 N–H and O–H groups in total. The number of ether oxygens (including phenoxy) is 3. The summed E-state index contributed by atoms with van der Waals surface area (Å²) in [6.45, 7) is 9.23. The molecule has 0 heterocycles. The number of hydrogen-bond donors (Lipinski definition) is 0. The molecule has 4 nitrogen and oxygen atoms in total. The second kappa shape index (κ2) is 51.3. The predicted molar refractivity (Wildman–Crippen MR) is 252 cm³/mol. The summed E-state index contributed by atoms with van der Waals surface area (Å²) in [6.07, 6.45) is 59.7.